The second kappa shape index (κ2) is 6.27. The lowest BCUT2D eigenvalue weighted by Crippen LogP contribution is -2.32. The van der Waals surface area contributed by atoms with Gasteiger partial charge in [-0.1, -0.05) is 17.3 Å². The van der Waals surface area contributed by atoms with E-state index in [2.05, 4.69) is 15.6 Å². The Balaban J connectivity index is 0.000000807. The molecule has 2 atom stereocenters. The van der Waals surface area contributed by atoms with E-state index in [0.717, 1.165) is 18.8 Å². The molecule has 1 saturated heterocycles. The number of rotatable bonds is 1. The van der Waals surface area contributed by atoms with Crippen molar-refractivity contribution in [2.45, 2.75) is 18.8 Å². The van der Waals surface area contributed by atoms with E-state index in [0.29, 0.717) is 17.9 Å². The lowest BCUT2D eigenvalue weighted by molar-refractivity contribution is -0.00262. The van der Waals surface area contributed by atoms with Crippen molar-refractivity contribution in [2.75, 3.05) is 13.1 Å². The van der Waals surface area contributed by atoms with E-state index in [4.69, 9.17) is 4.74 Å². The second-order valence-electron chi connectivity index (χ2n) is 4.88. The topological polar surface area (TPSA) is 52.0 Å². The summed E-state index contributed by atoms with van der Waals surface area (Å²) in [6, 6.07) is 6.79. The Morgan fingerprint density at radius 3 is 2.86 bits per heavy atom. The summed E-state index contributed by atoms with van der Waals surface area (Å²) in [6.45, 7) is 2.08. The largest absolute Gasteiger partial charge is 0.368 e. The van der Waals surface area contributed by atoms with Crippen LogP contribution in [0.2, 0.25) is 0 Å². The first-order valence-corrected chi connectivity index (χ1v) is 6.36. The summed E-state index contributed by atoms with van der Waals surface area (Å²) < 4.78 is 21.5. The normalized spacial score (nSPS) is 22.7. The maximum Gasteiger partial charge on any atom is 0.132 e. The minimum Gasteiger partial charge on any atom is -0.368 e. The number of nitrogens with one attached hydrogen (secondary N) is 1. The van der Waals surface area contributed by atoms with Crippen LogP contribution in [-0.2, 0) is 11.3 Å². The third-order valence-corrected chi connectivity index (χ3v) is 3.80. The first-order chi connectivity index (χ1) is 9.34. The number of ether oxygens (including phenoxy) is 1. The third kappa shape index (κ3) is 2.53. The Bertz CT molecular complexity index is 636. The number of aromatic nitrogens is 3. The minimum absolute atomic E-state index is 0. The summed E-state index contributed by atoms with van der Waals surface area (Å²) in [6.07, 6.45) is 0.141. The Morgan fingerprint density at radius 1 is 1.24 bits per heavy atom. The Kier molecular flexibility index (Phi) is 4.83. The van der Waals surface area contributed by atoms with Crippen LogP contribution < -0.4 is 5.32 Å². The maximum absolute atomic E-state index is 13.9. The Morgan fingerprint density at radius 2 is 2.05 bits per heavy atom. The highest BCUT2D eigenvalue weighted by Gasteiger charge is 2.37. The molecule has 5 nitrogen and oxygen atoms in total. The predicted octanol–water partition coefficient (Wildman–Crippen LogP) is 1.97. The monoisotopic (exact) mass is 332 g/mol. The molecular formula is C13H15Cl2FN4O. The number of hydrogen-bond acceptors (Lipinski definition) is 4. The molecule has 0 amide bonds. The molecule has 8 heteroatoms. The molecule has 0 saturated carbocycles. The number of nitrogens with zero attached hydrogens (tertiary/aromatic N) is 3. The Labute approximate surface area is 133 Å². The van der Waals surface area contributed by atoms with Crippen LogP contribution in [0.3, 0.4) is 0 Å². The fourth-order valence-corrected chi connectivity index (χ4v) is 2.82. The lowest BCUT2D eigenvalue weighted by atomic mass is 10.1. The van der Waals surface area contributed by atoms with E-state index in [1.807, 2.05) is 4.68 Å². The summed E-state index contributed by atoms with van der Waals surface area (Å²) in [5.41, 5.74) is 1.93. The van der Waals surface area contributed by atoms with Crippen LogP contribution in [0, 0.1) is 5.82 Å². The molecule has 2 aliphatic rings. The predicted molar refractivity (Wildman–Crippen MR) is 80.4 cm³/mol. The van der Waals surface area contributed by atoms with Gasteiger partial charge in [0, 0.05) is 18.7 Å². The summed E-state index contributed by atoms with van der Waals surface area (Å²) in [4.78, 5) is 0. The lowest BCUT2D eigenvalue weighted by Gasteiger charge is -2.26. The molecular weight excluding hydrogens is 318 g/mol. The van der Waals surface area contributed by atoms with Gasteiger partial charge in [0.2, 0.25) is 0 Å². The Hall–Kier alpha value is -1.21. The quantitative estimate of drug-likeness (QED) is 0.867. The summed E-state index contributed by atoms with van der Waals surface area (Å²) in [7, 11) is 0. The molecule has 0 radical (unpaired) electrons. The molecule has 0 aliphatic carbocycles. The van der Waals surface area contributed by atoms with Gasteiger partial charge in [0.05, 0.1) is 24.4 Å². The average Bonchev–Trinajstić information content (AvgIpc) is 3.04. The summed E-state index contributed by atoms with van der Waals surface area (Å²) >= 11 is 0. The smallest absolute Gasteiger partial charge is 0.132 e. The van der Waals surface area contributed by atoms with E-state index in [-0.39, 0.29) is 42.8 Å². The molecule has 2 aliphatic heterocycles. The summed E-state index contributed by atoms with van der Waals surface area (Å²) in [5, 5.41) is 11.6. The molecule has 1 aromatic heterocycles. The number of hydrogen-bond donors (Lipinski definition) is 1. The average molecular weight is 333 g/mol. The first-order valence-electron chi connectivity index (χ1n) is 6.36. The molecule has 1 aromatic carbocycles. The van der Waals surface area contributed by atoms with Crippen molar-refractivity contribution in [3.8, 4) is 11.3 Å². The zero-order valence-electron chi connectivity index (χ0n) is 11.0. The van der Waals surface area contributed by atoms with Crippen LogP contribution in [0.1, 0.15) is 11.7 Å². The molecule has 2 aromatic rings. The third-order valence-electron chi connectivity index (χ3n) is 3.80. The van der Waals surface area contributed by atoms with Gasteiger partial charge in [-0.3, -0.25) is 0 Å². The van der Waals surface area contributed by atoms with Crippen molar-refractivity contribution >= 4 is 24.8 Å². The van der Waals surface area contributed by atoms with E-state index < -0.39 is 0 Å². The van der Waals surface area contributed by atoms with Gasteiger partial charge in [-0.2, -0.15) is 0 Å². The molecule has 3 heterocycles. The van der Waals surface area contributed by atoms with Crippen molar-refractivity contribution in [1.82, 2.24) is 20.3 Å². The van der Waals surface area contributed by atoms with Crippen molar-refractivity contribution < 1.29 is 9.13 Å². The zero-order valence-corrected chi connectivity index (χ0v) is 12.7. The van der Waals surface area contributed by atoms with Gasteiger partial charge < -0.3 is 10.1 Å². The van der Waals surface area contributed by atoms with Crippen molar-refractivity contribution in [3.63, 3.8) is 0 Å². The van der Waals surface area contributed by atoms with Gasteiger partial charge in [-0.15, -0.1) is 29.9 Å². The molecule has 0 bridgehead atoms. The van der Waals surface area contributed by atoms with E-state index >= 15 is 0 Å². The van der Waals surface area contributed by atoms with Crippen LogP contribution in [0.25, 0.3) is 11.3 Å². The first kappa shape index (κ1) is 16.2. The van der Waals surface area contributed by atoms with Crippen LogP contribution >= 0.6 is 24.8 Å². The fraction of sp³-hybridized carbons (Fsp3) is 0.385. The standard InChI is InChI=1S/C13H13FN4O.2ClH/c14-9-4-2-1-3-8(9)13-11-7-19-12-6-15-5-10(12)18(11)17-16-13;;/h1-4,10,12,15H,5-7H2;2*1H/t10-,12-;;/m1../s1. The molecule has 0 unspecified atom stereocenters. The van der Waals surface area contributed by atoms with Crippen LogP contribution in [0.15, 0.2) is 24.3 Å². The number of benzene rings is 1. The van der Waals surface area contributed by atoms with Gasteiger partial charge in [-0.05, 0) is 12.1 Å². The minimum atomic E-state index is -0.280. The highest BCUT2D eigenvalue weighted by Crippen LogP contribution is 2.32. The molecule has 21 heavy (non-hydrogen) atoms. The van der Waals surface area contributed by atoms with Gasteiger partial charge in [0.1, 0.15) is 11.5 Å². The van der Waals surface area contributed by atoms with Gasteiger partial charge >= 0.3 is 0 Å². The number of halogens is 3. The number of fused-ring (bicyclic) bond motifs is 3. The molecule has 0 spiro atoms. The van der Waals surface area contributed by atoms with Crippen LogP contribution in [-0.4, -0.2) is 34.2 Å². The van der Waals surface area contributed by atoms with E-state index in [1.165, 1.54) is 6.07 Å². The van der Waals surface area contributed by atoms with Gasteiger partial charge in [0.25, 0.3) is 0 Å². The summed E-state index contributed by atoms with van der Waals surface area (Å²) in [5.74, 6) is -0.280. The molecule has 4 rings (SSSR count). The van der Waals surface area contributed by atoms with Crippen molar-refractivity contribution in [3.05, 3.63) is 35.8 Å². The van der Waals surface area contributed by atoms with Gasteiger partial charge in [0.15, 0.2) is 0 Å². The van der Waals surface area contributed by atoms with Crippen LogP contribution in [0.5, 0.6) is 0 Å². The fourth-order valence-electron chi connectivity index (χ4n) is 2.82. The van der Waals surface area contributed by atoms with Crippen molar-refractivity contribution in [2.24, 2.45) is 0 Å². The van der Waals surface area contributed by atoms with Gasteiger partial charge in [-0.25, -0.2) is 9.07 Å². The zero-order chi connectivity index (χ0) is 12.8. The maximum atomic E-state index is 13.9. The SMILES string of the molecule is Cl.Cl.Fc1ccccc1-c1nnn2c1CO[C@@H]1CNC[C@H]12. The molecule has 1 fully saturated rings. The van der Waals surface area contributed by atoms with Crippen molar-refractivity contribution in [1.29, 1.82) is 0 Å². The second-order valence-corrected chi connectivity index (χ2v) is 4.88. The van der Waals surface area contributed by atoms with E-state index in [9.17, 15) is 4.39 Å². The van der Waals surface area contributed by atoms with E-state index in [1.54, 1.807) is 18.2 Å². The van der Waals surface area contributed by atoms with Crippen LogP contribution in [0.4, 0.5) is 4.39 Å². The highest BCUT2D eigenvalue weighted by molar-refractivity contribution is 5.85. The molecule has 114 valence electrons. The highest BCUT2D eigenvalue weighted by atomic mass is 35.5. The molecule has 1 N–H and O–H groups in total.